The molecule has 0 aromatic heterocycles. The molecule has 2 N–H and O–H groups in total. The lowest BCUT2D eigenvalue weighted by Gasteiger charge is -2.37. The molecule has 5 nitrogen and oxygen atoms in total. The minimum atomic E-state index is -0.770. The lowest BCUT2D eigenvalue weighted by atomic mass is 9.82. The zero-order valence-corrected chi connectivity index (χ0v) is 12.4. The Morgan fingerprint density at radius 1 is 1.37 bits per heavy atom. The number of aliphatic carboxylic acids is 1. The van der Waals surface area contributed by atoms with Crippen molar-refractivity contribution in [3.8, 4) is 0 Å². The molecule has 5 heteroatoms. The number of carbonyl (C=O) groups excluding carboxylic acids is 1. The third-order valence-electron chi connectivity index (χ3n) is 4.05. The van der Waals surface area contributed by atoms with Crippen LogP contribution in [-0.2, 0) is 9.59 Å². The fourth-order valence-electron chi connectivity index (χ4n) is 2.32. The van der Waals surface area contributed by atoms with Crippen LogP contribution in [0, 0.1) is 11.3 Å². The molecule has 19 heavy (non-hydrogen) atoms. The summed E-state index contributed by atoms with van der Waals surface area (Å²) in [6.07, 6.45) is 1.51. The van der Waals surface area contributed by atoms with Crippen LogP contribution < -0.4 is 5.32 Å². The molecule has 1 fully saturated rings. The number of amides is 1. The van der Waals surface area contributed by atoms with Crippen molar-refractivity contribution in [2.75, 3.05) is 19.6 Å². The van der Waals surface area contributed by atoms with Gasteiger partial charge in [-0.1, -0.05) is 13.8 Å². The van der Waals surface area contributed by atoms with Crippen LogP contribution in [0.3, 0.4) is 0 Å². The minimum Gasteiger partial charge on any atom is -0.481 e. The van der Waals surface area contributed by atoms with Crippen molar-refractivity contribution in [2.45, 2.75) is 46.6 Å². The predicted octanol–water partition coefficient (Wildman–Crippen LogP) is 1.33. The van der Waals surface area contributed by atoms with Gasteiger partial charge in [0.2, 0.25) is 5.91 Å². The molecule has 1 saturated heterocycles. The van der Waals surface area contributed by atoms with Crippen LogP contribution in [0.1, 0.15) is 40.5 Å². The van der Waals surface area contributed by atoms with E-state index in [0.29, 0.717) is 25.4 Å². The van der Waals surface area contributed by atoms with Gasteiger partial charge in [-0.05, 0) is 39.2 Å². The Morgan fingerprint density at radius 3 is 2.53 bits per heavy atom. The maximum absolute atomic E-state index is 11.9. The molecule has 0 aliphatic carbocycles. The molecule has 1 rings (SSSR count). The number of carbonyl (C=O) groups is 2. The van der Waals surface area contributed by atoms with E-state index in [4.69, 9.17) is 0 Å². The average Bonchev–Trinajstić information content (AvgIpc) is 2.28. The lowest BCUT2D eigenvalue weighted by molar-refractivity contribution is -0.151. The SMILES string of the molecule is CC(C)C(C)NC(=O)CN1CCCC(C)(C(=O)O)C1. The quantitative estimate of drug-likeness (QED) is 0.791. The van der Waals surface area contributed by atoms with Crippen molar-refractivity contribution in [1.82, 2.24) is 10.2 Å². The number of piperidine rings is 1. The van der Waals surface area contributed by atoms with E-state index in [-0.39, 0.29) is 11.9 Å². The van der Waals surface area contributed by atoms with Gasteiger partial charge in [-0.3, -0.25) is 14.5 Å². The minimum absolute atomic E-state index is 0.0177. The van der Waals surface area contributed by atoms with Gasteiger partial charge >= 0.3 is 5.97 Å². The highest BCUT2D eigenvalue weighted by molar-refractivity contribution is 5.79. The van der Waals surface area contributed by atoms with Gasteiger partial charge in [0.25, 0.3) is 0 Å². The molecule has 2 atom stereocenters. The molecule has 1 aliphatic heterocycles. The summed E-state index contributed by atoms with van der Waals surface area (Å²) < 4.78 is 0. The van der Waals surface area contributed by atoms with E-state index >= 15 is 0 Å². The van der Waals surface area contributed by atoms with Crippen molar-refractivity contribution in [1.29, 1.82) is 0 Å². The number of hydrogen-bond acceptors (Lipinski definition) is 3. The second-order valence-electron chi connectivity index (χ2n) is 6.28. The molecule has 0 aromatic rings. The first kappa shape index (κ1) is 16.0. The maximum atomic E-state index is 11.9. The number of carboxylic acids is 1. The third-order valence-corrected chi connectivity index (χ3v) is 4.05. The van der Waals surface area contributed by atoms with Gasteiger partial charge in [-0.15, -0.1) is 0 Å². The maximum Gasteiger partial charge on any atom is 0.310 e. The van der Waals surface area contributed by atoms with Gasteiger partial charge in [-0.2, -0.15) is 0 Å². The number of nitrogens with one attached hydrogen (secondary N) is 1. The summed E-state index contributed by atoms with van der Waals surface area (Å²) in [5, 5.41) is 12.2. The molecule has 110 valence electrons. The van der Waals surface area contributed by atoms with E-state index in [1.165, 1.54) is 0 Å². The number of nitrogens with zero attached hydrogens (tertiary/aromatic N) is 1. The molecule has 2 unspecified atom stereocenters. The van der Waals surface area contributed by atoms with E-state index in [9.17, 15) is 14.7 Å². The smallest absolute Gasteiger partial charge is 0.310 e. The first-order valence-electron chi connectivity index (χ1n) is 7.00. The lowest BCUT2D eigenvalue weighted by Crippen LogP contribution is -2.50. The highest BCUT2D eigenvalue weighted by atomic mass is 16.4. The molecule has 1 amide bonds. The molecule has 1 aliphatic rings. The standard InChI is InChI=1S/C14H26N2O3/c1-10(2)11(3)15-12(17)8-16-7-5-6-14(4,9-16)13(18)19/h10-11H,5-9H2,1-4H3,(H,15,17)(H,18,19). The summed E-state index contributed by atoms with van der Waals surface area (Å²) >= 11 is 0. The fourth-order valence-corrected chi connectivity index (χ4v) is 2.32. The number of rotatable bonds is 5. The van der Waals surface area contributed by atoms with E-state index in [0.717, 1.165) is 13.0 Å². The Hall–Kier alpha value is -1.10. The Balaban J connectivity index is 2.49. The highest BCUT2D eigenvalue weighted by Crippen LogP contribution is 2.29. The monoisotopic (exact) mass is 270 g/mol. The van der Waals surface area contributed by atoms with Crippen LogP contribution in [0.5, 0.6) is 0 Å². The fraction of sp³-hybridized carbons (Fsp3) is 0.857. The Morgan fingerprint density at radius 2 is 2.00 bits per heavy atom. The van der Waals surface area contributed by atoms with Crippen LogP contribution >= 0.6 is 0 Å². The largest absolute Gasteiger partial charge is 0.481 e. The van der Waals surface area contributed by atoms with Crippen molar-refractivity contribution in [2.24, 2.45) is 11.3 Å². The Kier molecular flexibility index (Phi) is 5.35. The zero-order valence-electron chi connectivity index (χ0n) is 12.4. The number of carboxylic acid groups (broad SMARTS) is 1. The van der Waals surface area contributed by atoms with Crippen LogP contribution in [0.2, 0.25) is 0 Å². The average molecular weight is 270 g/mol. The zero-order chi connectivity index (χ0) is 14.6. The van der Waals surface area contributed by atoms with Crippen LogP contribution in [0.15, 0.2) is 0 Å². The van der Waals surface area contributed by atoms with Gasteiger partial charge in [0.05, 0.1) is 12.0 Å². The van der Waals surface area contributed by atoms with Crippen molar-refractivity contribution in [3.63, 3.8) is 0 Å². The predicted molar refractivity (Wildman–Crippen MR) is 73.9 cm³/mol. The van der Waals surface area contributed by atoms with Crippen molar-refractivity contribution >= 4 is 11.9 Å². The molecule has 1 heterocycles. The molecular weight excluding hydrogens is 244 g/mol. The van der Waals surface area contributed by atoms with E-state index in [1.807, 2.05) is 11.8 Å². The van der Waals surface area contributed by atoms with Gasteiger partial charge in [0.15, 0.2) is 0 Å². The van der Waals surface area contributed by atoms with Gasteiger partial charge < -0.3 is 10.4 Å². The second-order valence-corrected chi connectivity index (χ2v) is 6.28. The van der Waals surface area contributed by atoms with Crippen molar-refractivity contribution < 1.29 is 14.7 Å². The van der Waals surface area contributed by atoms with Gasteiger partial charge in [0.1, 0.15) is 0 Å². The number of likely N-dealkylation sites (tertiary alicyclic amines) is 1. The molecule has 0 aromatic carbocycles. The molecule has 0 bridgehead atoms. The third kappa shape index (κ3) is 4.49. The number of hydrogen-bond donors (Lipinski definition) is 2. The van der Waals surface area contributed by atoms with Crippen molar-refractivity contribution in [3.05, 3.63) is 0 Å². The van der Waals surface area contributed by atoms with E-state index in [2.05, 4.69) is 19.2 Å². The van der Waals surface area contributed by atoms with Gasteiger partial charge in [-0.25, -0.2) is 0 Å². The first-order valence-corrected chi connectivity index (χ1v) is 7.00. The van der Waals surface area contributed by atoms with Crippen LogP contribution in [0.4, 0.5) is 0 Å². The second kappa shape index (κ2) is 6.37. The van der Waals surface area contributed by atoms with Crippen LogP contribution in [0.25, 0.3) is 0 Å². The Labute approximate surface area is 115 Å². The van der Waals surface area contributed by atoms with E-state index < -0.39 is 11.4 Å². The molecule has 0 radical (unpaired) electrons. The van der Waals surface area contributed by atoms with Crippen LogP contribution in [-0.4, -0.2) is 47.6 Å². The highest BCUT2D eigenvalue weighted by Gasteiger charge is 2.38. The first-order chi connectivity index (χ1) is 8.74. The molecule has 0 saturated carbocycles. The van der Waals surface area contributed by atoms with E-state index in [1.54, 1.807) is 6.92 Å². The topological polar surface area (TPSA) is 69.6 Å². The molecule has 0 spiro atoms. The summed E-state index contributed by atoms with van der Waals surface area (Å²) in [5.41, 5.74) is -0.720. The normalized spacial score (nSPS) is 26.2. The summed E-state index contributed by atoms with van der Waals surface area (Å²) in [7, 11) is 0. The summed E-state index contributed by atoms with van der Waals surface area (Å²) in [6, 6.07) is 0.142. The molecular formula is C14H26N2O3. The Bertz CT molecular complexity index is 344. The van der Waals surface area contributed by atoms with Gasteiger partial charge in [0, 0.05) is 12.6 Å². The summed E-state index contributed by atoms with van der Waals surface area (Å²) in [5.74, 6) is -0.390. The summed E-state index contributed by atoms with van der Waals surface area (Å²) in [6.45, 7) is 9.41. The summed E-state index contributed by atoms with van der Waals surface area (Å²) in [4.78, 5) is 25.1.